The number of imidazole rings is 1. The van der Waals surface area contributed by atoms with E-state index in [1.165, 1.54) is 24.3 Å². The van der Waals surface area contributed by atoms with Crippen molar-refractivity contribution in [3.05, 3.63) is 77.1 Å². The van der Waals surface area contributed by atoms with E-state index >= 15 is 0 Å². The third-order valence-corrected chi connectivity index (χ3v) is 5.88. The summed E-state index contributed by atoms with van der Waals surface area (Å²) < 4.78 is 28.6. The average Bonchev–Trinajstić information content (AvgIpc) is 3.22. The summed E-state index contributed by atoms with van der Waals surface area (Å²) in [5, 5.41) is 31.9. The van der Waals surface area contributed by atoms with Crippen LogP contribution in [0.25, 0.3) is 11.4 Å². The molecule has 1 amide bonds. The highest BCUT2D eigenvalue weighted by Gasteiger charge is 2.26. The van der Waals surface area contributed by atoms with E-state index in [-0.39, 0.29) is 43.4 Å². The van der Waals surface area contributed by atoms with E-state index in [9.17, 15) is 28.6 Å². The van der Waals surface area contributed by atoms with Gasteiger partial charge in [-0.2, -0.15) is 0 Å². The SMILES string of the molecule is CC(C)c1c(C(=O)NCc2ccc(F)cc2)nc(-c2ccc(F)cc2)n1CC[C@@H](O)C[C@@H](O)CC(=O)O. The van der Waals surface area contributed by atoms with Gasteiger partial charge < -0.3 is 25.2 Å². The second kappa shape index (κ2) is 12.6. The molecule has 3 rings (SSSR count). The number of carbonyl (C=O) groups excluding carboxylic acids is 1. The monoisotopic (exact) mass is 515 g/mol. The van der Waals surface area contributed by atoms with Crippen LogP contribution in [-0.4, -0.2) is 49.0 Å². The minimum Gasteiger partial charge on any atom is -0.481 e. The highest BCUT2D eigenvalue weighted by atomic mass is 19.1. The van der Waals surface area contributed by atoms with Crippen LogP contribution >= 0.6 is 0 Å². The maximum Gasteiger partial charge on any atom is 0.305 e. The number of rotatable bonds is 12. The number of hydrogen-bond acceptors (Lipinski definition) is 5. The van der Waals surface area contributed by atoms with Gasteiger partial charge in [-0.3, -0.25) is 9.59 Å². The molecular weight excluding hydrogens is 484 g/mol. The Morgan fingerprint density at radius 3 is 2.14 bits per heavy atom. The van der Waals surface area contributed by atoms with Gasteiger partial charge in [0.2, 0.25) is 0 Å². The highest BCUT2D eigenvalue weighted by Crippen LogP contribution is 2.29. The van der Waals surface area contributed by atoms with E-state index in [0.717, 1.165) is 0 Å². The summed E-state index contributed by atoms with van der Waals surface area (Å²) in [6.45, 7) is 4.17. The smallest absolute Gasteiger partial charge is 0.305 e. The Labute approximate surface area is 213 Å². The van der Waals surface area contributed by atoms with E-state index < -0.39 is 36.3 Å². The van der Waals surface area contributed by atoms with E-state index in [1.54, 1.807) is 28.8 Å². The molecule has 0 aliphatic carbocycles. The Bertz CT molecular complexity index is 1210. The molecule has 8 nitrogen and oxygen atoms in total. The van der Waals surface area contributed by atoms with Gasteiger partial charge in [0.05, 0.1) is 24.3 Å². The summed E-state index contributed by atoms with van der Waals surface area (Å²) in [5.41, 5.74) is 2.06. The van der Waals surface area contributed by atoms with Crippen molar-refractivity contribution in [2.45, 2.75) is 64.3 Å². The molecule has 1 aromatic heterocycles. The number of aliphatic hydroxyl groups is 2. The molecule has 198 valence electrons. The number of nitrogens with zero attached hydrogens (tertiary/aromatic N) is 2. The quantitative estimate of drug-likeness (QED) is 0.290. The van der Waals surface area contributed by atoms with Crippen LogP contribution in [0.5, 0.6) is 0 Å². The summed E-state index contributed by atoms with van der Waals surface area (Å²) >= 11 is 0. The first-order chi connectivity index (χ1) is 17.5. The Morgan fingerprint density at radius 1 is 0.973 bits per heavy atom. The van der Waals surface area contributed by atoms with Crippen LogP contribution in [0.1, 0.15) is 60.8 Å². The van der Waals surface area contributed by atoms with Crippen molar-refractivity contribution in [1.29, 1.82) is 0 Å². The summed E-state index contributed by atoms with van der Waals surface area (Å²) in [5.74, 6) is -2.14. The van der Waals surface area contributed by atoms with Crippen molar-refractivity contribution in [1.82, 2.24) is 14.9 Å². The first-order valence-corrected chi connectivity index (χ1v) is 12.0. The molecule has 3 aromatic rings. The number of halogens is 2. The van der Waals surface area contributed by atoms with Gasteiger partial charge >= 0.3 is 5.97 Å². The van der Waals surface area contributed by atoms with Crippen molar-refractivity contribution in [2.75, 3.05) is 0 Å². The van der Waals surface area contributed by atoms with Crippen LogP contribution in [0.3, 0.4) is 0 Å². The van der Waals surface area contributed by atoms with Gasteiger partial charge in [0, 0.05) is 18.7 Å². The molecule has 0 saturated heterocycles. The molecule has 0 aliphatic rings. The third-order valence-electron chi connectivity index (χ3n) is 5.88. The minimum absolute atomic E-state index is 0.116. The molecule has 0 fully saturated rings. The number of aliphatic carboxylic acids is 1. The van der Waals surface area contributed by atoms with Gasteiger partial charge in [-0.05, 0) is 60.7 Å². The maximum atomic E-state index is 13.6. The number of hydrogen-bond donors (Lipinski definition) is 4. The lowest BCUT2D eigenvalue weighted by atomic mass is 10.0. The molecule has 0 aliphatic heterocycles. The Morgan fingerprint density at radius 2 is 1.57 bits per heavy atom. The van der Waals surface area contributed by atoms with Crippen LogP contribution < -0.4 is 5.32 Å². The zero-order valence-corrected chi connectivity index (χ0v) is 20.7. The predicted molar refractivity (Wildman–Crippen MR) is 133 cm³/mol. The fourth-order valence-electron chi connectivity index (χ4n) is 4.13. The number of carboxylic acids is 1. The van der Waals surface area contributed by atoms with Gasteiger partial charge in [0.15, 0.2) is 0 Å². The third kappa shape index (κ3) is 7.68. The molecule has 37 heavy (non-hydrogen) atoms. The van der Waals surface area contributed by atoms with Gasteiger partial charge in [-0.25, -0.2) is 13.8 Å². The first kappa shape index (κ1) is 27.9. The second-order valence-corrected chi connectivity index (χ2v) is 9.22. The number of amides is 1. The van der Waals surface area contributed by atoms with E-state index in [4.69, 9.17) is 5.11 Å². The lowest BCUT2D eigenvalue weighted by molar-refractivity contribution is -0.139. The van der Waals surface area contributed by atoms with Gasteiger partial charge in [-0.15, -0.1) is 0 Å². The molecule has 0 bridgehead atoms. The van der Waals surface area contributed by atoms with Gasteiger partial charge in [0.1, 0.15) is 23.2 Å². The van der Waals surface area contributed by atoms with Crippen LogP contribution in [0.15, 0.2) is 48.5 Å². The lowest BCUT2D eigenvalue weighted by Gasteiger charge is -2.19. The molecular formula is C27H31F2N3O5. The number of carbonyl (C=O) groups is 2. The van der Waals surface area contributed by atoms with Crippen molar-refractivity contribution in [3.8, 4) is 11.4 Å². The largest absolute Gasteiger partial charge is 0.481 e. The summed E-state index contributed by atoms with van der Waals surface area (Å²) in [4.78, 5) is 28.6. The molecule has 0 radical (unpaired) electrons. The summed E-state index contributed by atoms with van der Waals surface area (Å²) in [7, 11) is 0. The van der Waals surface area contributed by atoms with Gasteiger partial charge in [-0.1, -0.05) is 26.0 Å². The predicted octanol–water partition coefficient (Wildman–Crippen LogP) is 3.86. The normalized spacial score (nSPS) is 12.9. The summed E-state index contributed by atoms with van der Waals surface area (Å²) in [6, 6.07) is 11.4. The molecule has 2 atom stereocenters. The molecule has 2 aromatic carbocycles. The van der Waals surface area contributed by atoms with Crippen LogP contribution in [-0.2, 0) is 17.9 Å². The fraction of sp³-hybridized carbons (Fsp3) is 0.370. The van der Waals surface area contributed by atoms with Crippen LogP contribution in [0.2, 0.25) is 0 Å². The van der Waals surface area contributed by atoms with Crippen molar-refractivity contribution < 1.29 is 33.7 Å². The zero-order valence-electron chi connectivity index (χ0n) is 20.7. The van der Waals surface area contributed by atoms with E-state index in [2.05, 4.69) is 10.3 Å². The van der Waals surface area contributed by atoms with Crippen LogP contribution in [0.4, 0.5) is 8.78 Å². The molecule has 1 heterocycles. The van der Waals surface area contributed by atoms with E-state index in [1.807, 2.05) is 13.8 Å². The standard InChI is InChI=1S/C27H31F2N3O5/c1-16(2)25-24(27(37)30-15-17-3-7-19(28)8-4-17)31-26(18-5-9-20(29)10-6-18)32(25)12-11-21(33)13-22(34)14-23(35)36/h3-10,16,21-22,33-34H,11-15H2,1-2H3,(H,30,37)(H,35,36)/t21-,22-/m1/s1. The number of aromatic nitrogens is 2. The molecule has 4 N–H and O–H groups in total. The minimum atomic E-state index is -1.19. The molecule has 0 unspecified atom stereocenters. The first-order valence-electron chi connectivity index (χ1n) is 12.0. The van der Waals surface area contributed by atoms with E-state index in [0.29, 0.717) is 22.6 Å². The fourth-order valence-corrected chi connectivity index (χ4v) is 4.13. The second-order valence-electron chi connectivity index (χ2n) is 9.22. The van der Waals surface area contributed by atoms with Crippen molar-refractivity contribution in [2.24, 2.45) is 0 Å². The highest BCUT2D eigenvalue weighted by molar-refractivity contribution is 5.94. The summed E-state index contributed by atoms with van der Waals surface area (Å²) in [6.07, 6.45) is -2.61. The number of carboxylic acid groups (broad SMARTS) is 1. The van der Waals surface area contributed by atoms with Gasteiger partial charge in [0.25, 0.3) is 5.91 Å². The molecule has 0 spiro atoms. The lowest BCUT2D eigenvalue weighted by Crippen LogP contribution is -2.25. The number of aliphatic hydroxyl groups excluding tert-OH is 2. The molecule has 0 saturated carbocycles. The maximum absolute atomic E-state index is 13.6. The van der Waals surface area contributed by atoms with Crippen LogP contribution in [0, 0.1) is 11.6 Å². The Hall–Kier alpha value is -3.63. The number of benzene rings is 2. The molecule has 10 heteroatoms. The zero-order chi connectivity index (χ0) is 27.1. The topological polar surface area (TPSA) is 125 Å². The Kier molecular flexibility index (Phi) is 9.48. The average molecular weight is 516 g/mol. The Balaban J connectivity index is 1.90. The van der Waals surface area contributed by atoms with Crippen molar-refractivity contribution in [3.63, 3.8) is 0 Å². The van der Waals surface area contributed by atoms with Crippen molar-refractivity contribution >= 4 is 11.9 Å². The number of nitrogens with one attached hydrogen (secondary N) is 1.